The summed E-state index contributed by atoms with van der Waals surface area (Å²) in [6, 6.07) is 14.8. The molecule has 1 atom stereocenters. The van der Waals surface area contributed by atoms with Gasteiger partial charge in [-0.2, -0.15) is 4.98 Å². The molecule has 2 aromatic carbocycles. The molecule has 11 heteroatoms. The zero-order valence-electron chi connectivity index (χ0n) is 18.4. The second-order valence-corrected chi connectivity index (χ2v) is 7.52. The van der Waals surface area contributed by atoms with Crippen molar-refractivity contribution in [1.29, 1.82) is 0 Å². The maximum atomic E-state index is 12.1. The van der Waals surface area contributed by atoms with E-state index in [0.29, 0.717) is 37.8 Å². The molecule has 0 bridgehead atoms. The topological polar surface area (TPSA) is 129 Å². The van der Waals surface area contributed by atoms with Gasteiger partial charge in [0.1, 0.15) is 23.4 Å². The standard InChI is InChI=1S/C23H23N5O6/c1-32-18-6-2-16(3-7-18)14-25-21-10-12-24-22(26-21)27-13-11-20(15-27)34-23(29)33-19-8-4-17(5-9-19)28(30)31/h2-10,12,20H,11,13-15H2,1H3,(H,24,25,26)/t20-/m0/s1. The monoisotopic (exact) mass is 465 g/mol. The van der Waals surface area contributed by atoms with Gasteiger partial charge in [0.2, 0.25) is 5.95 Å². The number of nitro benzene ring substituents is 1. The van der Waals surface area contributed by atoms with E-state index in [1.165, 1.54) is 24.3 Å². The van der Waals surface area contributed by atoms with E-state index in [0.717, 1.165) is 11.3 Å². The summed E-state index contributed by atoms with van der Waals surface area (Å²) < 4.78 is 15.7. The number of carbonyl (C=O) groups excluding carboxylic acids is 1. The van der Waals surface area contributed by atoms with Crippen LogP contribution in [-0.4, -0.2) is 47.3 Å². The van der Waals surface area contributed by atoms with Gasteiger partial charge in [0.05, 0.1) is 18.6 Å². The molecule has 176 valence electrons. The van der Waals surface area contributed by atoms with E-state index in [1.54, 1.807) is 19.4 Å². The highest BCUT2D eigenvalue weighted by atomic mass is 16.7. The molecule has 0 spiro atoms. The summed E-state index contributed by atoms with van der Waals surface area (Å²) in [7, 11) is 1.63. The molecular formula is C23H23N5O6. The molecule has 4 rings (SSSR count). The van der Waals surface area contributed by atoms with Crippen LogP contribution in [0.5, 0.6) is 11.5 Å². The Bertz CT molecular complexity index is 1140. The first-order chi connectivity index (χ1) is 16.5. The number of aromatic nitrogens is 2. The Hall–Kier alpha value is -4.41. The molecule has 3 aromatic rings. The van der Waals surface area contributed by atoms with Crippen molar-refractivity contribution in [1.82, 2.24) is 9.97 Å². The van der Waals surface area contributed by atoms with Crippen LogP contribution >= 0.6 is 0 Å². The maximum absolute atomic E-state index is 12.1. The van der Waals surface area contributed by atoms with E-state index >= 15 is 0 Å². The number of hydrogen-bond donors (Lipinski definition) is 1. The lowest BCUT2D eigenvalue weighted by molar-refractivity contribution is -0.384. The Morgan fingerprint density at radius 3 is 2.59 bits per heavy atom. The summed E-state index contributed by atoms with van der Waals surface area (Å²) in [5, 5.41) is 14.0. The Kier molecular flexibility index (Phi) is 7.01. The summed E-state index contributed by atoms with van der Waals surface area (Å²) >= 11 is 0. The smallest absolute Gasteiger partial charge is 0.497 e. The third-order valence-electron chi connectivity index (χ3n) is 5.22. The average molecular weight is 465 g/mol. The fourth-order valence-corrected chi connectivity index (χ4v) is 3.43. The second kappa shape index (κ2) is 10.5. The van der Waals surface area contributed by atoms with E-state index < -0.39 is 11.1 Å². The van der Waals surface area contributed by atoms with Gasteiger partial charge in [-0.3, -0.25) is 10.1 Å². The summed E-state index contributed by atoms with van der Waals surface area (Å²) in [4.78, 5) is 33.1. The van der Waals surface area contributed by atoms with E-state index in [-0.39, 0.29) is 17.5 Å². The number of anilines is 2. The lowest BCUT2D eigenvalue weighted by Gasteiger charge is -2.17. The highest BCUT2D eigenvalue weighted by molar-refractivity contribution is 5.64. The van der Waals surface area contributed by atoms with Crippen LogP contribution in [0.25, 0.3) is 0 Å². The minimum atomic E-state index is -0.864. The number of methoxy groups -OCH3 is 1. The van der Waals surface area contributed by atoms with Crippen LogP contribution in [0.2, 0.25) is 0 Å². The first-order valence-corrected chi connectivity index (χ1v) is 10.6. The molecule has 2 heterocycles. The summed E-state index contributed by atoms with van der Waals surface area (Å²) in [6.07, 6.45) is 1.03. The van der Waals surface area contributed by atoms with Gasteiger partial charge in [0, 0.05) is 37.8 Å². The normalized spacial score (nSPS) is 15.0. The van der Waals surface area contributed by atoms with Crippen LogP contribution in [0.3, 0.4) is 0 Å². The van der Waals surface area contributed by atoms with E-state index in [4.69, 9.17) is 14.2 Å². The van der Waals surface area contributed by atoms with Gasteiger partial charge in [0.25, 0.3) is 5.69 Å². The third kappa shape index (κ3) is 5.88. The lowest BCUT2D eigenvalue weighted by atomic mass is 10.2. The molecule has 1 aliphatic heterocycles. The maximum Gasteiger partial charge on any atom is 0.514 e. The zero-order valence-corrected chi connectivity index (χ0v) is 18.4. The largest absolute Gasteiger partial charge is 0.514 e. The third-order valence-corrected chi connectivity index (χ3v) is 5.22. The fourth-order valence-electron chi connectivity index (χ4n) is 3.43. The van der Waals surface area contributed by atoms with Gasteiger partial charge < -0.3 is 24.4 Å². The molecule has 1 fully saturated rings. The molecular weight excluding hydrogens is 442 g/mol. The molecule has 34 heavy (non-hydrogen) atoms. The molecule has 1 N–H and O–H groups in total. The van der Waals surface area contributed by atoms with Crippen LogP contribution in [0.15, 0.2) is 60.8 Å². The number of ether oxygens (including phenoxy) is 3. The fraction of sp³-hybridized carbons (Fsp3) is 0.261. The molecule has 0 saturated carbocycles. The number of nitro groups is 1. The minimum Gasteiger partial charge on any atom is -0.497 e. The molecule has 1 saturated heterocycles. The highest BCUT2D eigenvalue weighted by Crippen LogP contribution is 2.22. The predicted octanol–water partition coefficient (Wildman–Crippen LogP) is 3.80. The number of nitrogens with one attached hydrogen (secondary N) is 1. The quantitative estimate of drug-likeness (QED) is 0.227. The van der Waals surface area contributed by atoms with Crippen LogP contribution in [0.1, 0.15) is 12.0 Å². The van der Waals surface area contributed by atoms with E-state index in [2.05, 4.69) is 15.3 Å². The van der Waals surface area contributed by atoms with Gasteiger partial charge in [-0.25, -0.2) is 9.78 Å². The molecule has 1 aliphatic rings. The average Bonchev–Trinajstić information content (AvgIpc) is 3.32. The highest BCUT2D eigenvalue weighted by Gasteiger charge is 2.28. The molecule has 1 aromatic heterocycles. The van der Waals surface area contributed by atoms with Crippen LogP contribution in [0.4, 0.5) is 22.2 Å². The van der Waals surface area contributed by atoms with Crippen molar-refractivity contribution < 1.29 is 23.9 Å². The van der Waals surface area contributed by atoms with Gasteiger partial charge in [-0.15, -0.1) is 0 Å². The van der Waals surface area contributed by atoms with Crippen LogP contribution in [-0.2, 0) is 11.3 Å². The summed E-state index contributed by atoms with van der Waals surface area (Å²) in [5.41, 5.74) is 0.995. The van der Waals surface area contributed by atoms with E-state index in [9.17, 15) is 14.9 Å². The van der Waals surface area contributed by atoms with Crippen molar-refractivity contribution in [3.8, 4) is 11.5 Å². The number of hydrogen-bond acceptors (Lipinski definition) is 10. The first kappa shape index (κ1) is 22.8. The molecule has 0 radical (unpaired) electrons. The lowest BCUT2D eigenvalue weighted by Crippen LogP contribution is -2.27. The summed E-state index contributed by atoms with van der Waals surface area (Å²) in [6.45, 7) is 1.65. The second-order valence-electron chi connectivity index (χ2n) is 7.52. The predicted molar refractivity (Wildman–Crippen MR) is 123 cm³/mol. The number of benzene rings is 2. The van der Waals surface area contributed by atoms with Crippen molar-refractivity contribution in [2.75, 3.05) is 30.4 Å². The van der Waals surface area contributed by atoms with Crippen molar-refractivity contribution in [3.63, 3.8) is 0 Å². The van der Waals surface area contributed by atoms with Crippen molar-refractivity contribution in [2.24, 2.45) is 0 Å². The van der Waals surface area contributed by atoms with Crippen LogP contribution < -0.4 is 19.7 Å². The number of rotatable bonds is 8. The SMILES string of the molecule is COc1ccc(CNc2ccnc(N3CC[C@H](OC(=O)Oc4ccc([N+](=O)[O-])cc4)C3)n2)cc1. The van der Waals surface area contributed by atoms with Gasteiger partial charge in [0.15, 0.2) is 0 Å². The molecule has 11 nitrogen and oxygen atoms in total. The zero-order chi connectivity index (χ0) is 23.9. The number of carbonyl (C=O) groups is 1. The molecule has 0 unspecified atom stereocenters. The molecule has 0 amide bonds. The molecule has 0 aliphatic carbocycles. The summed E-state index contributed by atoms with van der Waals surface area (Å²) in [5.74, 6) is 2.19. The van der Waals surface area contributed by atoms with Gasteiger partial charge in [-0.1, -0.05) is 12.1 Å². The first-order valence-electron chi connectivity index (χ1n) is 10.6. The van der Waals surface area contributed by atoms with E-state index in [1.807, 2.05) is 29.2 Å². The number of non-ortho nitro benzene ring substituents is 1. The Labute approximate surface area is 195 Å². The van der Waals surface area contributed by atoms with Crippen molar-refractivity contribution >= 4 is 23.6 Å². The Balaban J connectivity index is 1.27. The Morgan fingerprint density at radius 2 is 1.88 bits per heavy atom. The van der Waals surface area contributed by atoms with Gasteiger partial charge >= 0.3 is 6.16 Å². The van der Waals surface area contributed by atoms with Crippen molar-refractivity contribution in [2.45, 2.75) is 19.1 Å². The number of nitrogens with zero attached hydrogens (tertiary/aromatic N) is 4. The van der Waals surface area contributed by atoms with Crippen LogP contribution in [0, 0.1) is 10.1 Å². The minimum absolute atomic E-state index is 0.0899. The Morgan fingerprint density at radius 1 is 1.15 bits per heavy atom. The van der Waals surface area contributed by atoms with Crippen molar-refractivity contribution in [3.05, 3.63) is 76.5 Å². The van der Waals surface area contributed by atoms with Gasteiger partial charge in [-0.05, 0) is 35.9 Å².